The lowest BCUT2D eigenvalue weighted by molar-refractivity contribution is -0.138. The Labute approximate surface area is 172 Å². The maximum absolute atomic E-state index is 13.0. The number of urea groups is 1. The van der Waals surface area contributed by atoms with Gasteiger partial charge in [0.15, 0.2) is 5.16 Å². The van der Waals surface area contributed by atoms with Crippen LogP contribution in [0, 0.1) is 0 Å². The number of thioether (sulfide) groups is 1. The van der Waals surface area contributed by atoms with Gasteiger partial charge in [-0.3, -0.25) is 9.36 Å². The molecule has 154 valence electrons. The molecule has 0 fully saturated rings. The second-order valence-electron chi connectivity index (χ2n) is 6.50. The highest BCUT2D eigenvalue weighted by atomic mass is 32.2. The average molecular weight is 417 g/mol. The van der Waals surface area contributed by atoms with Gasteiger partial charge in [0, 0.05) is 18.0 Å². The van der Waals surface area contributed by atoms with Gasteiger partial charge in [-0.05, 0) is 25.5 Å². The number of carbonyl (C=O) groups excluding carboxylic acids is 2. The molecule has 0 aliphatic carbocycles. The molecule has 29 heavy (non-hydrogen) atoms. The van der Waals surface area contributed by atoms with Crippen LogP contribution in [0.1, 0.15) is 26.7 Å². The number of esters is 1. The quantitative estimate of drug-likeness (QED) is 0.389. The molecule has 8 nitrogen and oxygen atoms in total. The van der Waals surface area contributed by atoms with Crippen molar-refractivity contribution >= 4 is 34.7 Å². The number of nitrogens with one attached hydrogen (secondary N) is 2. The van der Waals surface area contributed by atoms with E-state index >= 15 is 0 Å². The van der Waals surface area contributed by atoms with Gasteiger partial charge in [0.2, 0.25) is 0 Å². The maximum atomic E-state index is 13.0. The molecule has 1 aliphatic rings. The lowest BCUT2D eigenvalue weighted by atomic mass is 10.2. The van der Waals surface area contributed by atoms with Crippen molar-refractivity contribution in [1.82, 2.24) is 20.2 Å². The molecule has 0 spiro atoms. The van der Waals surface area contributed by atoms with Crippen molar-refractivity contribution in [2.24, 2.45) is 0 Å². The van der Waals surface area contributed by atoms with Gasteiger partial charge in [-0.2, -0.15) is 0 Å². The summed E-state index contributed by atoms with van der Waals surface area (Å²) in [5.74, 6) is -0.177. The van der Waals surface area contributed by atoms with Crippen LogP contribution in [-0.4, -0.2) is 40.5 Å². The van der Waals surface area contributed by atoms with E-state index in [2.05, 4.69) is 22.5 Å². The van der Waals surface area contributed by atoms with Crippen molar-refractivity contribution in [1.29, 1.82) is 0 Å². The summed E-state index contributed by atoms with van der Waals surface area (Å²) in [6.07, 6.45) is 1.80. The fourth-order valence-electron chi connectivity index (χ4n) is 2.98. The summed E-state index contributed by atoms with van der Waals surface area (Å²) in [5, 5.41) is 6.41. The topological polar surface area (TPSA) is 102 Å². The molecule has 1 aromatic heterocycles. The molecule has 0 unspecified atom stereocenters. The van der Waals surface area contributed by atoms with E-state index in [4.69, 9.17) is 4.74 Å². The predicted octanol–water partition coefficient (Wildman–Crippen LogP) is 2.42. The number of unbranched alkanes of at least 4 members (excludes halogenated alkanes) is 1. The van der Waals surface area contributed by atoms with Gasteiger partial charge in [0.05, 0.1) is 29.6 Å². The fraction of sp³-hybridized carbons (Fsp3) is 0.400. The number of amides is 2. The Bertz CT molecular complexity index is 1020. The first-order valence-corrected chi connectivity index (χ1v) is 10.6. The summed E-state index contributed by atoms with van der Waals surface area (Å²) < 4.78 is 6.75. The van der Waals surface area contributed by atoms with Gasteiger partial charge >= 0.3 is 12.0 Å². The Morgan fingerprint density at radius 2 is 2.07 bits per heavy atom. The number of aromatic nitrogens is 2. The number of hydrogen-bond acceptors (Lipinski definition) is 6. The molecular formula is C20H24N4O4S. The van der Waals surface area contributed by atoms with Crippen LogP contribution in [0.25, 0.3) is 10.9 Å². The summed E-state index contributed by atoms with van der Waals surface area (Å²) in [6, 6.07) is 6.87. The van der Waals surface area contributed by atoms with Gasteiger partial charge in [0.1, 0.15) is 0 Å². The smallest absolute Gasteiger partial charge is 0.337 e. The number of nitrogens with zero attached hydrogens (tertiary/aromatic N) is 2. The van der Waals surface area contributed by atoms with E-state index in [9.17, 15) is 14.4 Å². The van der Waals surface area contributed by atoms with E-state index in [-0.39, 0.29) is 24.7 Å². The third-order valence-electron chi connectivity index (χ3n) is 4.48. The van der Waals surface area contributed by atoms with Gasteiger partial charge < -0.3 is 15.4 Å². The molecule has 1 aliphatic heterocycles. The van der Waals surface area contributed by atoms with Crippen molar-refractivity contribution in [3.63, 3.8) is 0 Å². The molecule has 0 atom stereocenters. The summed E-state index contributed by atoms with van der Waals surface area (Å²) in [4.78, 5) is 41.6. The van der Waals surface area contributed by atoms with Crippen LogP contribution in [0.2, 0.25) is 0 Å². The van der Waals surface area contributed by atoms with Crippen molar-refractivity contribution in [3.05, 3.63) is 45.9 Å². The Kier molecular flexibility index (Phi) is 6.92. The third kappa shape index (κ3) is 4.79. The number of para-hydroxylation sites is 1. The minimum absolute atomic E-state index is 0.0829. The average Bonchev–Trinajstić information content (AvgIpc) is 2.72. The molecule has 2 heterocycles. The Balaban J connectivity index is 1.94. The van der Waals surface area contributed by atoms with E-state index in [0.717, 1.165) is 12.8 Å². The highest BCUT2D eigenvalue weighted by molar-refractivity contribution is 7.99. The first-order chi connectivity index (χ1) is 14.0. The zero-order valence-electron chi connectivity index (χ0n) is 16.5. The second-order valence-corrected chi connectivity index (χ2v) is 7.44. The predicted molar refractivity (Wildman–Crippen MR) is 112 cm³/mol. The van der Waals surface area contributed by atoms with Crippen LogP contribution in [0.5, 0.6) is 0 Å². The number of ether oxygens (including phenoxy) is 1. The van der Waals surface area contributed by atoms with Crippen LogP contribution in [0.4, 0.5) is 4.79 Å². The molecular weight excluding hydrogens is 392 g/mol. The van der Waals surface area contributed by atoms with Crippen molar-refractivity contribution in [2.75, 3.05) is 18.9 Å². The molecule has 3 rings (SSSR count). The highest BCUT2D eigenvalue weighted by Gasteiger charge is 2.24. The number of carbonyl (C=O) groups is 2. The maximum Gasteiger partial charge on any atom is 0.337 e. The molecule has 9 heteroatoms. The van der Waals surface area contributed by atoms with E-state index in [0.29, 0.717) is 39.6 Å². The minimum Gasteiger partial charge on any atom is -0.463 e. The Morgan fingerprint density at radius 1 is 1.28 bits per heavy atom. The van der Waals surface area contributed by atoms with E-state index in [1.165, 1.54) is 11.8 Å². The van der Waals surface area contributed by atoms with E-state index < -0.39 is 5.97 Å². The first kappa shape index (κ1) is 20.9. The fourth-order valence-corrected chi connectivity index (χ4v) is 3.99. The van der Waals surface area contributed by atoms with Crippen molar-refractivity contribution < 1.29 is 14.3 Å². The lowest BCUT2D eigenvalue weighted by Crippen LogP contribution is -2.44. The first-order valence-electron chi connectivity index (χ1n) is 9.61. The molecule has 1 aromatic carbocycles. The van der Waals surface area contributed by atoms with Crippen LogP contribution in [-0.2, 0) is 16.1 Å². The summed E-state index contributed by atoms with van der Waals surface area (Å²) >= 11 is 1.32. The SMILES string of the molecule is CCCCn1c(SCC2=C(C(=O)OCC)CNC(=O)N2)nc2ccccc2c1=O. The highest BCUT2D eigenvalue weighted by Crippen LogP contribution is 2.22. The number of fused-ring (bicyclic) bond motifs is 1. The lowest BCUT2D eigenvalue weighted by Gasteiger charge is -2.21. The summed E-state index contributed by atoms with van der Waals surface area (Å²) in [7, 11) is 0. The van der Waals surface area contributed by atoms with Gasteiger partial charge in [-0.25, -0.2) is 14.6 Å². The van der Waals surface area contributed by atoms with Gasteiger partial charge in [0.25, 0.3) is 5.56 Å². The Morgan fingerprint density at radius 3 is 2.83 bits per heavy atom. The van der Waals surface area contributed by atoms with Gasteiger partial charge in [-0.1, -0.05) is 37.2 Å². The van der Waals surface area contributed by atoms with Crippen LogP contribution < -0.4 is 16.2 Å². The van der Waals surface area contributed by atoms with Gasteiger partial charge in [-0.15, -0.1) is 0 Å². The normalized spacial score (nSPS) is 13.9. The minimum atomic E-state index is -0.467. The van der Waals surface area contributed by atoms with Crippen LogP contribution >= 0.6 is 11.8 Å². The summed E-state index contributed by atoms with van der Waals surface area (Å²) in [6.45, 7) is 4.71. The number of hydrogen-bond donors (Lipinski definition) is 2. The van der Waals surface area contributed by atoms with Crippen molar-refractivity contribution in [2.45, 2.75) is 38.4 Å². The molecule has 0 radical (unpaired) electrons. The molecule has 2 N–H and O–H groups in total. The number of benzene rings is 1. The van der Waals surface area contributed by atoms with Crippen LogP contribution in [0.15, 0.2) is 45.5 Å². The monoisotopic (exact) mass is 416 g/mol. The van der Waals surface area contributed by atoms with Crippen molar-refractivity contribution in [3.8, 4) is 0 Å². The molecule has 0 saturated heterocycles. The van der Waals surface area contributed by atoms with E-state index in [1.807, 2.05) is 12.1 Å². The molecule has 0 bridgehead atoms. The third-order valence-corrected chi connectivity index (χ3v) is 5.49. The standard InChI is InChI=1S/C20H24N4O4S/c1-3-5-10-24-17(25)13-8-6-7-9-15(13)23-20(24)29-12-16-14(18(26)28-4-2)11-21-19(27)22-16/h6-9H,3-5,10-12H2,1-2H3,(H2,21,22,27). The molecule has 2 amide bonds. The Hall–Kier alpha value is -2.81. The van der Waals surface area contributed by atoms with Crippen LogP contribution in [0.3, 0.4) is 0 Å². The second kappa shape index (κ2) is 9.60. The summed E-state index contributed by atoms with van der Waals surface area (Å²) in [5.41, 5.74) is 1.39. The molecule has 0 saturated carbocycles. The number of rotatable bonds is 8. The largest absolute Gasteiger partial charge is 0.463 e. The molecule has 2 aromatic rings. The zero-order valence-corrected chi connectivity index (χ0v) is 17.3. The zero-order chi connectivity index (χ0) is 20.8. The van der Waals surface area contributed by atoms with E-state index in [1.54, 1.807) is 23.6 Å².